The second kappa shape index (κ2) is 7.75. The maximum absolute atomic E-state index is 5.70. The van der Waals surface area contributed by atoms with E-state index in [1.54, 1.807) is 33.1 Å². The molecule has 1 atom stereocenters. The molecule has 0 saturated heterocycles. The minimum absolute atomic E-state index is 0.260. The van der Waals surface area contributed by atoms with Crippen LogP contribution in [0.15, 0.2) is 48.8 Å². The molecule has 1 aliphatic heterocycles. The number of rotatable bonds is 6. The van der Waals surface area contributed by atoms with Crippen LogP contribution in [0, 0.1) is 0 Å². The molecule has 8 nitrogen and oxygen atoms in total. The van der Waals surface area contributed by atoms with E-state index in [1.165, 1.54) is 6.33 Å². The number of hydrogen-bond acceptors (Lipinski definition) is 7. The summed E-state index contributed by atoms with van der Waals surface area (Å²) in [5, 5.41) is 7.73. The van der Waals surface area contributed by atoms with Crippen LogP contribution in [0.25, 0.3) is 5.70 Å². The molecule has 1 aromatic heterocycles. The van der Waals surface area contributed by atoms with Crippen molar-refractivity contribution in [3.8, 4) is 23.0 Å². The van der Waals surface area contributed by atoms with E-state index in [4.69, 9.17) is 18.9 Å². The summed E-state index contributed by atoms with van der Waals surface area (Å²) in [6.45, 7) is 0. The molecule has 1 N–H and O–H groups in total. The second-order valence-corrected chi connectivity index (χ2v) is 6.33. The fourth-order valence-electron chi connectivity index (χ4n) is 3.47. The van der Waals surface area contributed by atoms with E-state index in [9.17, 15) is 0 Å². The summed E-state index contributed by atoms with van der Waals surface area (Å²) in [4.78, 5) is 4.35. The third-order valence-electron chi connectivity index (χ3n) is 4.84. The molecule has 0 amide bonds. The number of nitrogens with zero attached hydrogens (tertiary/aromatic N) is 3. The Bertz CT molecular complexity index is 1060. The molecule has 0 bridgehead atoms. The Morgan fingerprint density at radius 2 is 1.76 bits per heavy atom. The predicted octanol–water partition coefficient (Wildman–Crippen LogP) is 3.37. The van der Waals surface area contributed by atoms with E-state index in [0.29, 0.717) is 23.2 Å². The van der Waals surface area contributed by atoms with Crippen molar-refractivity contribution in [2.75, 3.05) is 33.8 Å². The summed E-state index contributed by atoms with van der Waals surface area (Å²) in [5.74, 6) is 3.12. The van der Waals surface area contributed by atoms with Gasteiger partial charge < -0.3 is 24.3 Å². The van der Waals surface area contributed by atoms with Crippen molar-refractivity contribution in [2.24, 2.45) is 0 Å². The number of hydrogen-bond donors (Lipinski definition) is 1. The minimum atomic E-state index is -0.260. The van der Waals surface area contributed by atoms with Gasteiger partial charge in [-0.3, -0.25) is 0 Å². The number of benzene rings is 2. The zero-order valence-electron chi connectivity index (χ0n) is 16.7. The van der Waals surface area contributed by atoms with Gasteiger partial charge in [-0.05, 0) is 30.3 Å². The molecule has 2 heterocycles. The molecule has 150 valence electrons. The molecule has 0 unspecified atom stereocenters. The first-order valence-electron chi connectivity index (χ1n) is 9.01. The lowest BCUT2D eigenvalue weighted by Crippen LogP contribution is -2.21. The molecule has 8 heteroatoms. The number of anilines is 1. The summed E-state index contributed by atoms with van der Waals surface area (Å²) < 4.78 is 23.8. The lowest BCUT2D eigenvalue weighted by molar-refractivity contribution is 0.320. The van der Waals surface area contributed by atoms with E-state index in [0.717, 1.165) is 22.6 Å². The zero-order chi connectivity index (χ0) is 20.4. The van der Waals surface area contributed by atoms with Gasteiger partial charge in [-0.25, -0.2) is 4.68 Å². The number of ether oxygens (including phenoxy) is 4. The Balaban J connectivity index is 1.87. The quantitative estimate of drug-likeness (QED) is 0.687. The van der Waals surface area contributed by atoms with Crippen molar-refractivity contribution in [3.05, 3.63) is 59.9 Å². The van der Waals surface area contributed by atoms with E-state index in [1.807, 2.05) is 36.4 Å². The van der Waals surface area contributed by atoms with Crippen molar-refractivity contribution in [3.63, 3.8) is 0 Å². The van der Waals surface area contributed by atoms with Crippen molar-refractivity contribution in [1.29, 1.82) is 0 Å². The summed E-state index contributed by atoms with van der Waals surface area (Å²) in [6, 6.07) is 11.4. The van der Waals surface area contributed by atoms with Crippen LogP contribution in [0.4, 0.5) is 5.95 Å². The molecule has 0 aliphatic carbocycles. The number of aromatic nitrogens is 3. The highest BCUT2D eigenvalue weighted by molar-refractivity contribution is 5.78. The number of fused-ring (bicyclic) bond motifs is 1. The molecule has 0 spiro atoms. The van der Waals surface area contributed by atoms with E-state index >= 15 is 0 Å². The molecule has 3 aromatic rings. The standard InChI is InChI=1S/C21H22N4O4/c1-26-14-7-5-6-13(10-14)16-11-17(25-21(24-16)22-12-23-25)15-8-9-18(27-2)20(29-4)19(15)28-3/h5-12,17H,1-4H3,(H,22,23,24)/t17-/m0/s1. The topological polar surface area (TPSA) is 79.7 Å². The van der Waals surface area contributed by atoms with Gasteiger partial charge in [0.2, 0.25) is 11.7 Å². The van der Waals surface area contributed by atoms with Crippen molar-refractivity contribution in [2.45, 2.75) is 6.04 Å². The summed E-state index contributed by atoms with van der Waals surface area (Å²) in [7, 11) is 6.44. The summed E-state index contributed by atoms with van der Waals surface area (Å²) >= 11 is 0. The van der Waals surface area contributed by atoms with Crippen LogP contribution >= 0.6 is 0 Å². The van der Waals surface area contributed by atoms with Gasteiger partial charge in [-0.2, -0.15) is 10.1 Å². The third-order valence-corrected chi connectivity index (χ3v) is 4.84. The maximum Gasteiger partial charge on any atom is 0.226 e. The highest BCUT2D eigenvalue weighted by Crippen LogP contribution is 2.45. The van der Waals surface area contributed by atoms with Gasteiger partial charge in [0.05, 0.1) is 28.4 Å². The van der Waals surface area contributed by atoms with Crippen molar-refractivity contribution < 1.29 is 18.9 Å². The Morgan fingerprint density at radius 1 is 0.931 bits per heavy atom. The fraction of sp³-hybridized carbons (Fsp3) is 0.238. The molecular formula is C21H22N4O4. The van der Waals surface area contributed by atoms with Gasteiger partial charge in [0, 0.05) is 16.8 Å². The summed E-state index contributed by atoms with van der Waals surface area (Å²) in [6.07, 6.45) is 3.59. The van der Waals surface area contributed by atoms with Crippen LogP contribution in [0.1, 0.15) is 17.2 Å². The average Bonchev–Trinajstić information content (AvgIpc) is 3.26. The lowest BCUT2D eigenvalue weighted by Gasteiger charge is -2.26. The predicted molar refractivity (Wildman–Crippen MR) is 109 cm³/mol. The number of methoxy groups -OCH3 is 4. The highest BCUT2D eigenvalue weighted by atomic mass is 16.5. The van der Waals surface area contributed by atoms with Crippen molar-refractivity contribution in [1.82, 2.24) is 14.8 Å². The highest BCUT2D eigenvalue weighted by Gasteiger charge is 2.28. The second-order valence-electron chi connectivity index (χ2n) is 6.33. The molecule has 0 radical (unpaired) electrons. The molecule has 29 heavy (non-hydrogen) atoms. The molecule has 4 rings (SSSR count). The van der Waals surface area contributed by atoms with E-state index in [-0.39, 0.29) is 6.04 Å². The zero-order valence-corrected chi connectivity index (χ0v) is 16.7. The van der Waals surface area contributed by atoms with Crippen LogP contribution in [0.5, 0.6) is 23.0 Å². The molecule has 1 aliphatic rings. The largest absolute Gasteiger partial charge is 0.497 e. The molecular weight excluding hydrogens is 372 g/mol. The van der Waals surface area contributed by atoms with E-state index in [2.05, 4.69) is 21.5 Å². The normalized spacial score (nSPS) is 15.0. The van der Waals surface area contributed by atoms with Gasteiger partial charge >= 0.3 is 0 Å². The van der Waals surface area contributed by atoms with Gasteiger partial charge in [0.25, 0.3) is 0 Å². The number of allylic oxidation sites excluding steroid dienone is 1. The van der Waals surface area contributed by atoms with Crippen LogP contribution in [-0.2, 0) is 0 Å². The first-order chi connectivity index (χ1) is 14.2. The number of nitrogens with one attached hydrogen (secondary N) is 1. The SMILES string of the molecule is COc1cccc(C2=C[C@@H](c3ccc(OC)c(OC)c3OC)n3ncnc3N2)c1. The summed E-state index contributed by atoms with van der Waals surface area (Å²) in [5.41, 5.74) is 2.74. The van der Waals surface area contributed by atoms with Crippen molar-refractivity contribution >= 4 is 11.6 Å². The monoisotopic (exact) mass is 394 g/mol. The Labute approximate surface area is 168 Å². The van der Waals surface area contributed by atoms with Crippen LogP contribution in [0.2, 0.25) is 0 Å². The van der Waals surface area contributed by atoms with E-state index < -0.39 is 0 Å². The minimum Gasteiger partial charge on any atom is -0.497 e. The van der Waals surface area contributed by atoms with Crippen LogP contribution in [-0.4, -0.2) is 43.2 Å². The first kappa shape index (κ1) is 18.7. The molecule has 0 fully saturated rings. The lowest BCUT2D eigenvalue weighted by atomic mass is 10.00. The molecule has 0 saturated carbocycles. The van der Waals surface area contributed by atoms with Gasteiger partial charge in [0.15, 0.2) is 11.5 Å². The molecule has 2 aromatic carbocycles. The van der Waals surface area contributed by atoms with Gasteiger partial charge in [-0.1, -0.05) is 12.1 Å². The smallest absolute Gasteiger partial charge is 0.226 e. The fourth-order valence-corrected chi connectivity index (χ4v) is 3.47. The maximum atomic E-state index is 5.70. The first-order valence-corrected chi connectivity index (χ1v) is 9.01. The Hall–Kier alpha value is -3.68. The Morgan fingerprint density at radius 3 is 2.48 bits per heavy atom. The Kier molecular flexibility index (Phi) is 4.99. The van der Waals surface area contributed by atoms with Crippen LogP contribution in [0.3, 0.4) is 0 Å². The van der Waals surface area contributed by atoms with Gasteiger partial charge in [0.1, 0.15) is 18.1 Å². The van der Waals surface area contributed by atoms with Gasteiger partial charge in [-0.15, -0.1) is 0 Å². The average molecular weight is 394 g/mol. The van der Waals surface area contributed by atoms with Crippen LogP contribution < -0.4 is 24.3 Å². The third kappa shape index (κ3) is 3.22.